The van der Waals surface area contributed by atoms with Gasteiger partial charge in [0.25, 0.3) is 0 Å². The van der Waals surface area contributed by atoms with E-state index in [1.165, 1.54) is 29.3 Å². The summed E-state index contributed by atoms with van der Waals surface area (Å²) in [5, 5.41) is 5.19. The first-order valence-corrected chi connectivity index (χ1v) is 14.4. The molecule has 1 aliphatic heterocycles. The normalized spacial score (nSPS) is 19.0. The number of benzene rings is 1. The first-order valence-electron chi connectivity index (χ1n) is 14.0. The van der Waals surface area contributed by atoms with Crippen LogP contribution in [0.5, 0.6) is 0 Å². The minimum atomic E-state index is -0.888. The molecule has 2 N–H and O–H groups in total. The summed E-state index contributed by atoms with van der Waals surface area (Å²) in [4.78, 5) is 59.5. The third-order valence-corrected chi connectivity index (χ3v) is 7.40. The number of nitrogens with zero attached hydrogens (tertiary/aromatic N) is 3. The maximum absolute atomic E-state index is 14.0. The van der Waals surface area contributed by atoms with Gasteiger partial charge in [0, 0.05) is 30.6 Å². The zero-order valence-corrected chi connectivity index (χ0v) is 25.4. The van der Waals surface area contributed by atoms with Gasteiger partial charge in [-0.3, -0.25) is 19.7 Å². The fraction of sp³-hybridized carbons (Fsp3) is 0.500. The number of hydrogen-bond donors (Lipinski definition) is 2. The van der Waals surface area contributed by atoms with Gasteiger partial charge in [-0.1, -0.05) is 31.5 Å². The molecule has 42 heavy (non-hydrogen) atoms. The number of carbonyl (C=O) groups excluding carboxylic acids is 4. The number of rotatable bonds is 5. The third-order valence-electron chi connectivity index (χ3n) is 7.11. The van der Waals surface area contributed by atoms with Crippen LogP contribution in [-0.4, -0.2) is 63.3 Å². The summed E-state index contributed by atoms with van der Waals surface area (Å²) in [5.74, 6) is -2.17. The van der Waals surface area contributed by atoms with E-state index in [0.29, 0.717) is 17.1 Å². The average Bonchev–Trinajstić information content (AvgIpc) is 3.74. The van der Waals surface area contributed by atoms with Crippen molar-refractivity contribution in [2.45, 2.75) is 78.0 Å². The van der Waals surface area contributed by atoms with Crippen LogP contribution in [0.15, 0.2) is 30.5 Å². The highest BCUT2D eigenvalue weighted by molar-refractivity contribution is 6.39. The van der Waals surface area contributed by atoms with Crippen LogP contribution in [0.3, 0.4) is 0 Å². The zero-order chi connectivity index (χ0) is 30.9. The maximum Gasteiger partial charge on any atom is 0.413 e. The van der Waals surface area contributed by atoms with E-state index < -0.39 is 35.4 Å². The zero-order valence-electron chi connectivity index (χ0n) is 24.7. The molecule has 2 heterocycles. The lowest BCUT2D eigenvalue weighted by atomic mass is 9.98. The SMILES string of the molecule is CC(C)C(=O)N1C[C@H](c2ccc(F)c(Cl)c2)N(C(=O)C(=O)Nc2cnc(NC(=O)OC(C)(C)C)c(C3CC3)c2)C[C@H]1C. The number of anilines is 2. The number of hydrogen-bond acceptors (Lipinski definition) is 6. The summed E-state index contributed by atoms with van der Waals surface area (Å²) >= 11 is 6.05. The van der Waals surface area contributed by atoms with Crippen molar-refractivity contribution in [3.63, 3.8) is 0 Å². The molecule has 10 nitrogen and oxygen atoms in total. The fourth-order valence-corrected chi connectivity index (χ4v) is 5.11. The molecule has 0 radical (unpaired) electrons. The largest absolute Gasteiger partial charge is 0.444 e. The van der Waals surface area contributed by atoms with Gasteiger partial charge in [-0.2, -0.15) is 0 Å². The van der Waals surface area contributed by atoms with Crippen LogP contribution in [0.25, 0.3) is 0 Å². The lowest BCUT2D eigenvalue weighted by molar-refractivity contribution is -0.152. The molecular formula is C30H37ClFN5O5. The molecule has 2 fully saturated rings. The fourth-order valence-electron chi connectivity index (χ4n) is 4.92. The van der Waals surface area contributed by atoms with Crippen LogP contribution < -0.4 is 10.6 Å². The van der Waals surface area contributed by atoms with Crippen molar-refractivity contribution in [1.82, 2.24) is 14.8 Å². The van der Waals surface area contributed by atoms with E-state index >= 15 is 0 Å². The first-order chi connectivity index (χ1) is 19.6. The van der Waals surface area contributed by atoms with Gasteiger partial charge in [-0.15, -0.1) is 0 Å². The highest BCUT2D eigenvalue weighted by Crippen LogP contribution is 2.43. The molecule has 0 bridgehead atoms. The predicted molar refractivity (Wildman–Crippen MR) is 157 cm³/mol. The third kappa shape index (κ3) is 7.36. The molecule has 4 amide bonds. The second-order valence-corrected chi connectivity index (χ2v) is 12.6. The van der Waals surface area contributed by atoms with Gasteiger partial charge < -0.3 is 19.9 Å². The highest BCUT2D eigenvalue weighted by atomic mass is 35.5. The molecule has 0 unspecified atom stereocenters. The van der Waals surface area contributed by atoms with Crippen molar-refractivity contribution in [1.29, 1.82) is 0 Å². The molecule has 4 rings (SSSR count). The average molecular weight is 602 g/mol. The Hall–Kier alpha value is -3.73. The van der Waals surface area contributed by atoms with E-state index in [0.717, 1.165) is 18.4 Å². The number of piperazine rings is 1. The maximum atomic E-state index is 14.0. The van der Waals surface area contributed by atoms with Crippen LogP contribution in [0.4, 0.5) is 20.7 Å². The monoisotopic (exact) mass is 601 g/mol. The molecule has 2 aromatic rings. The van der Waals surface area contributed by atoms with E-state index in [9.17, 15) is 23.6 Å². The van der Waals surface area contributed by atoms with E-state index in [2.05, 4.69) is 15.6 Å². The Kier molecular flexibility index (Phi) is 9.10. The predicted octanol–water partition coefficient (Wildman–Crippen LogP) is 5.49. The lowest BCUT2D eigenvalue weighted by Gasteiger charge is -2.45. The van der Waals surface area contributed by atoms with Gasteiger partial charge in [-0.05, 0) is 70.2 Å². The summed E-state index contributed by atoms with van der Waals surface area (Å²) in [7, 11) is 0. The lowest BCUT2D eigenvalue weighted by Crippen LogP contribution is -2.59. The van der Waals surface area contributed by atoms with Crippen LogP contribution in [0.2, 0.25) is 5.02 Å². The number of halogens is 2. The van der Waals surface area contributed by atoms with Crippen molar-refractivity contribution in [3.05, 3.63) is 52.4 Å². The molecule has 1 saturated carbocycles. The number of pyridine rings is 1. The Bertz CT molecular complexity index is 1390. The van der Waals surface area contributed by atoms with Crippen molar-refractivity contribution in [3.8, 4) is 0 Å². The molecule has 0 spiro atoms. The Morgan fingerprint density at radius 2 is 1.76 bits per heavy atom. The van der Waals surface area contributed by atoms with E-state index in [1.807, 2.05) is 6.92 Å². The molecule has 226 valence electrons. The Morgan fingerprint density at radius 1 is 1.07 bits per heavy atom. The van der Waals surface area contributed by atoms with Crippen molar-refractivity contribution < 1.29 is 28.3 Å². The Labute approximate surface area is 249 Å². The summed E-state index contributed by atoms with van der Waals surface area (Å²) in [6.07, 6.45) is 2.53. The summed E-state index contributed by atoms with van der Waals surface area (Å²) < 4.78 is 19.3. The molecule has 1 aromatic carbocycles. The molecule has 1 aliphatic carbocycles. The number of amides is 4. The number of ether oxygens (including phenoxy) is 1. The van der Waals surface area contributed by atoms with Crippen molar-refractivity contribution >= 4 is 46.9 Å². The second-order valence-electron chi connectivity index (χ2n) is 12.2. The van der Waals surface area contributed by atoms with Crippen LogP contribution in [0.1, 0.15) is 77.5 Å². The topological polar surface area (TPSA) is 121 Å². The van der Waals surface area contributed by atoms with E-state index in [-0.39, 0.29) is 41.9 Å². The molecule has 2 aliphatic rings. The van der Waals surface area contributed by atoms with Crippen molar-refractivity contribution in [2.24, 2.45) is 5.92 Å². The molecular weight excluding hydrogens is 565 g/mol. The molecule has 1 saturated heterocycles. The van der Waals surface area contributed by atoms with E-state index in [4.69, 9.17) is 16.3 Å². The van der Waals surface area contributed by atoms with Crippen LogP contribution in [0, 0.1) is 11.7 Å². The smallest absolute Gasteiger partial charge is 0.413 e. The second kappa shape index (κ2) is 12.2. The number of aromatic nitrogens is 1. The molecule has 12 heteroatoms. The summed E-state index contributed by atoms with van der Waals surface area (Å²) in [6.45, 7) is 10.9. The van der Waals surface area contributed by atoms with Crippen LogP contribution in [-0.2, 0) is 19.1 Å². The quantitative estimate of drug-likeness (QED) is 0.437. The number of carbonyl (C=O) groups is 4. The van der Waals surface area contributed by atoms with Crippen LogP contribution >= 0.6 is 11.6 Å². The van der Waals surface area contributed by atoms with Gasteiger partial charge in [0.15, 0.2) is 0 Å². The van der Waals surface area contributed by atoms with Gasteiger partial charge in [0.05, 0.1) is 22.9 Å². The minimum Gasteiger partial charge on any atom is -0.444 e. The Balaban J connectivity index is 1.55. The van der Waals surface area contributed by atoms with Gasteiger partial charge in [0.2, 0.25) is 5.91 Å². The summed E-state index contributed by atoms with van der Waals surface area (Å²) in [5.41, 5.74) is 0.860. The van der Waals surface area contributed by atoms with Gasteiger partial charge in [-0.25, -0.2) is 14.2 Å². The summed E-state index contributed by atoms with van der Waals surface area (Å²) in [6, 6.07) is 4.73. The van der Waals surface area contributed by atoms with Gasteiger partial charge in [0.1, 0.15) is 17.2 Å². The van der Waals surface area contributed by atoms with Gasteiger partial charge >= 0.3 is 17.9 Å². The number of nitrogens with one attached hydrogen (secondary N) is 2. The first kappa shape index (κ1) is 31.2. The molecule has 1 aromatic heterocycles. The Morgan fingerprint density at radius 3 is 2.36 bits per heavy atom. The standard InChI is InChI=1S/C30H37ClFN5O5/c1-16(2)27(39)36-15-24(19-9-10-23(32)22(31)11-19)37(14-17(36)3)28(40)26(38)34-20-12-21(18-7-8-18)25(33-13-20)35-29(41)42-30(4,5)6/h9-13,16-18,24H,7-8,14-15H2,1-6H3,(H,34,38)(H,33,35,41)/t17-,24-/m1/s1. The van der Waals surface area contributed by atoms with Crippen molar-refractivity contribution in [2.75, 3.05) is 23.7 Å². The van der Waals surface area contributed by atoms with E-state index in [1.54, 1.807) is 45.6 Å². The molecule has 2 atom stereocenters. The highest BCUT2D eigenvalue weighted by Gasteiger charge is 2.40. The minimum absolute atomic E-state index is 0.0870.